The maximum Gasteiger partial charge on any atom is 0.373 e. The smallest absolute Gasteiger partial charge is 0.373 e. The van der Waals surface area contributed by atoms with Gasteiger partial charge in [-0.15, -0.1) is 12.3 Å². The zero-order valence-corrected chi connectivity index (χ0v) is 12.7. The van der Waals surface area contributed by atoms with Crippen LogP contribution in [0.3, 0.4) is 0 Å². The van der Waals surface area contributed by atoms with Gasteiger partial charge >= 0.3 is 5.97 Å². The van der Waals surface area contributed by atoms with Crippen LogP contribution in [0.1, 0.15) is 35.7 Å². The van der Waals surface area contributed by atoms with Crippen LogP contribution in [0, 0.1) is 12.3 Å². The van der Waals surface area contributed by atoms with Gasteiger partial charge < -0.3 is 9.15 Å². The molecule has 1 aromatic heterocycles. The number of piperazine rings is 1. The van der Waals surface area contributed by atoms with E-state index in [1.165, 1.54) is 7.11 Å². The molecular weight excluding hydrogens is 268 g/mol. The van der Waals surface area contributed by atoms with Gasteiger partial charge in [0.15, 0.2) is 0 Å². The van der Waals surface area contributed by atoms with E-state index < -0.39 is 5.97 Å². The third-order valence-corrected chi connectivity index (χ3v) is 3.95. The molecule has 1 saturated heterocycles. The fourth-order valence-corrected chi connectivity index (χ4v) is 2.56. The first-order valence-corrected chi connectivity index (χ1v) is 7.23. The van der Waals surface area contributed by atoms with E-state index in [4.69, 9.17) is 10.8 Å². The van der Waals surface area contributed by atoms with Crippen LogP contribution in [0.25, 0.3) is 0 Å². The van der Waals surface area contributed by atoms with E-state index in [1.54, 1.807) is 6.07 Å². The highest BCUT2D eigenvalue weighted by Crippen LogP contribution is 2.24. The summed E-state index contributed by atoms with van der Waals surface area (Å²) in [5.74, 6) is 3.30. The molecule has 21 heavy (non-hydrogen) atoms. The van der Waals surface area contributed by atoms with E-state index in [0.29, 0.717) is 0 Å². The number of furan rings is 1. The van der Waals surface area contributed by atoms with E-state index >= 15 is 0 Å². The van der Waals surface area contributed by atoms with Crippen LogP contribution in [0.4, 0.5) is 0 Å². The molecule has 1 aliphatic heterocycles. The second-order valence-corrected chi connectivity index (χ2v) is 5.20. The SMILES string of the molecule is C#CCCN1CCN(C(C)c2ccc(C(=O)OC)o2)CC1. The average molecular weight is 290 g/mol. The molecule has 0 bridgehead atoms. The summed E-state index contributed by atoms with van der Waals surface area (Å²) in [4.78, 5) is 16.2. The van der Waals surface area contributed by atoms with Crippen molar-refractivity contribution >= 4 is 5.97 Å². The molecule has 2 rings (SSSR count). The van der Waals surface area contributed by atoms with Gasteiger partial charge in [-0.25, -0.2) is 4.79 Å². The van der Waals surface area contributed by atoms with Crippen molar-refractivity contribution in [2.75, 3.05) is 39.8 Å². The summed E-state index contributed by atoms with van der Waals surface area (Å²) in [6.07, 6.45) is 6.10. The molecule has 1 fully saturated rings. The van der Waals surface area contributed by atoms with Gasteiger partial charge in [-0.2, -0.15) is 0 Å². The number of ether oxygens (including phenoxy) is 1. The zero-order chi connectivity index (χ0) is 15.2. The minimum Gasteiger partial charge on any atom is -0.463 e. The first-order valence-electron chi connectivity index (χ1n) is 7.23. The van der Waals surface area contributed by atoms with Crippen LogP contribution in [-0.4, -0.2) is 55.6 Å². The number of nitrogens with zero attached hydrogens (tertiary/aromatic N) is 2. The van der Waals surface area contributed by atoms with Crippen LogP contribution in [-0.2, 0) is 4.74 Å². The van der Waals surface area contributed by atoms with Crippen molar-refractivity contribution in [3.63, 3.8) is 0 Å². The average Bonchev–Trinajstić information content (AvgIpc) is 3.02. The molecule has 5 heteroatoms. The first-order chi connectivity index (χ1) is 10.2. The maximum absolute atomic E-state index is 11.4. The number of esters is 1. The molecule has 1 aliphatic rings. The van der Waals surface area contributed by atoms with Gasteiger partial charge in [0.1, 0.15) is 5.76 Å². The fraction of sp³-hybridized carbons (Fsp3) is 0.562. The summed E-state index contributed by atoms with van der Waals surface area (Å²) >= 11 is 0. The minimum atomic E-state index is -0.437. The van der Waals surface area contributed by atoms with Crippen molar-refractivity contribution in [1.29, 1.82) is 0 Å². The molecule has 114 valence electrons. The van der Waals surface area contributed by atoms with E-state index in [9.17, 15) is 4.79 Å². The lowest BCUT2D eigenvalue weighted by Gasteiger charge is -2.37. The topological polar surface area (TPSA) is 45.9 Å². The number of carbonyl (C=O) groups excluding carboxylic acids is 1. The summed E-state index contributed by atoms with van der Waals surface area (Å²) in [5.41, 5.74) is 0. The first kappa shape index (κ1) is 15.6. The van der Waals surface area contributed by atoms with Crippen LogP contribution in [0.5, 0.6) is 0 Å². The Balaban J connectivity index is 1.90. The van der Waals surface area contributed by atoms with Crippen LogP contribution >= 0.6 is 0 Å². The summed E-state index contributed by atoms with van der Waals surface area (Å²) in [7, 11) is 1.35. The van der Waals surface area contributed by atoms with Crippen LogP contribution < -0.4 is 0 Å². The summed E-state index contributed by atoms with van der Waals surface area (Å²) in [6.45, 7) is 7.02. The van der Waals surface area contributed by atoms with Crippen molar-refractivity contribution in [3.05, 3.63) is 23.7 Å². The largest absolute Gasteiger partial charge is 0.463 e. The molecule has 0 radical (unpaired) electrons. The number of carbonyl (C=O) groups is 1. The fourth-order valence-electron chi connectivity index (χ4n) is 2.56. The van der Waals surface area contributed by atoms with Crippen molar-refractivity contribution < 1.29 is 13.9 Å². The minimum absolute atomic E-state index is 0.151. The summed E-state index contributed by atoms with van der Waals surface area (Å²) in [5, 5.41) is 0. The van der Waals surface area contributed by atoms with E-state index in [-0.39, 0.29) is 11.8 Å². The number of hydrogen-bond acceptors (Lipinski definition) is 5. The van der Waals surface area contributed by atoms with Crippen molar-refractivity contribution in [2.24, 2.45) is 0 Å². The lowest BCUT2D eigenvalue weighted by atomic mass is 10.2. The molecule has 0 N–H and O–H groups in total. The number of methoxy groups -OCH3 is 1. The molecule has 1 aromatic rings. The van der Waals surface area contributed by atoms with Gasteiger partial charge in [0.05, 0.1) is 13.2 Å². The van der Waals surface area contributed by atoms with Gasteiger partial charge in [-0.3, -0.25) is 9.80 Å². The van der Waals surface area contributed by atoms with Gasteiger partial charge in [0.2, 0.25) is 5.76 Å². The Hall–Kier alpha value is -1.77. The number of rotatable bonds is 5. The predicted molar refractivity (Wildman–Crippen MR) is 79.9 cm³/mol. The molecule has 0 saturated carbocycles. The van der Waals surface area contributed by atoms with E-state index in [0.717, 1.165) is 44.9 Å². The molecule has 0 spiro atoms. The van der Waals surface area contributed by atoms with Crippen LogP contribution in [0.15, 0.2) is 16.5 Å². The highest BCUT2D eigenvalue weighted by Gasteiger charge is 2.24. The lowest BCUT2D eigenvalue weighted by Crippen LogP contribution is -2.47. The van der Waals surface area contributed by atoms with Gasteiger partial charge in [0, 0.05) is 39.1 Å². The van der Waals surface area contributed by atoms with Gasteiger partial charge in [-0.05, 0) is 19.1 Å². The molecule has 5 nitrogen and oxygen atoms in total. The normalized spacial score (nSPS) is 18.1. The molecule has 1 unspecified atom stereocenters. The Morgan fingerprint density at radius 2 is 2.14 bits per heavy atom. The quantitative estimate of drug-likeness (QED) is 0.611. The Morgan fingerprint density at radius 3 is 2.76 bits per heavy atom. The third kappa shape index (κ3) is 3.87. The summed E-state index contributed by atoms with van der Waals surface area (Å²) < 4.78 is 10.2. The van der Waals surface area contributed by atoms with Gasteiger partial charge in [0.25, 0.3) is 0 Å². The number of terminal acetylenes is 1. The van der Waals surface area contributed by atoms with E-state index in [1.807, 2.05) is 6.07 Å². The molecule has 0 aliphatic carbocycles. The predicted octanol–water partition coefficient (Wildman–Crippen LogP) is 1.77. The molecular formula is C16H22N2O3. The highest BCUT2D eigenvalue weighted by molar-refractivity contribution is 5.86. The Morgan fingerprint density at radius 1 is 1.43 bits per heavy atom. The van der Waals surface area contributed by atoms with Crippen molar-refractivity contribution in [2.45, 2.75) is 19.4 Å². The van der Waals surface area contributed by atoms with Gasteiger partial charge in [-0.1, -0.05) is 0 Å². The second kappa shape index (κ2) is 7.30. The number of hydrogen-bond donors (Lipinski definition) is 0. The zero-order valence-electron chi connectivity index (χ0n) is 12.7. The lowest BCUT2D eigenvalue weighted by molar-refractivity contribution is 0.0553. The molecule has 1 atom stereocenters. The second-order valence-electron chi connectivity index (χ2n) is 5.20. The maximum atomic E-state index is 11.4. The van der Waals surface area contributed by atoms with Crippen LogP contribution in [0.2, 0.25) is 0 Å². The monoisotopic (exact) mass is 290 g/mol. The van der Waals surface area contributed by atoms with Crippen molar-refractivity contribution in [3.8, 4) is 12.3 Å². The molecule has 0 amide bonds. The highest BCUT2D eigenvalue weighted by atomic mass is 16.5. The van der Waals surface area contributed by atoms with Crippen molar-refractivity contribution in [1.82, 2.24) is 9.80 Å². The summed E-state index contributed by atoms with van der Waals surface area (Å²) in [6, 6.07) is 3.67. The third-order valence-electron chi connectivity index (χ3n) is 3.95. The molecule has 2 heterocycles. The molecule has 0 aromatic carbocycles. The Kier molecular flexibility index (Phi) is 5.43. The standard InChI is InChI=1S/C16H22N2O3/c1-4-5-8-17-9-11-18(12-10-17)13(2)14-6-7-15(21-14)16(19)20-3/h1,6-7,13H,5,8-12H2,2-3H3. The Labute approximate surface area is 125 Å². The van der Waals surface area contributed by atoms with E-state index in [2.05, 4.69) is 27.4 Å². The Bertz CT molecular complexity index is 510.